The van der Waals surface area contributed by atoms with E-state index >= 15 is 0 Å². The Labute approximate surface area is 127 Å². The lowest BCUT2D eigenvalue weighted by molar-refractivity contribution is 0.102. The molecule has 0 radical (unpaired) electrons. The van der Waals surface area contributed by atoms with E-state index in [1.807, 2.05) is 5.38 Å². The number of nitrogens with zero attached hydrogens (tertiary/aromatic N) is 2. The molecule has 0 fully saturated rings. The van der Waals surface area contributed by atoms with Gasteiger partial charge in [-0.2, -0.15) is 0 Å². The summed E-state index contributed by atoms with van der Waals surface area (Å²) in [4.78, 5) is 20.5. The molecular weight excluding hydrogens is 284 g/mol. The Morgan fingerprint density at radius 3 is 2.86 bits per heavy atom. The van der Waals surface area contributed by atoms with Gasteiger partial charge in [0.1, 0.15) is 5.69 Å². The van der Waals surface area contributed by atoms with Crippen LogP contribution in [0.5, 0.6) is 0 Å². The molecule has 6 heteroatoms. The van der Waals surface area contributed by atoms with E-state index in [0.29, 0.717) is 23.3 Å². The third kappa shape index (κ3) is 4.12. The van der Waals surface area contributed by atoms with E-state index in [0.717, 1.165) is 11.3 Å². The number of hydrogen-bond donors (Lipinski definition) is 2. The van der Waals surface area contributed by atoms with Crippen molar-refractivity contribution in [3.05, 3.63) is 40.7 Å². The van der Waals surface area contributed by atoms with E-state index in [2.05, 4.69) is 41.0 Å². The van der Waals surface area contributed by atoms with Gasteiger partial charge in [-0.25, -0.2) is 9.97 Å². The number of rotatable bonds is 3. The van der Waals surface area contributed by atoms with Crippen LogP contribution in [-0.2, 0) is 0 Å². The van der Waals surface area contributed by atoms with Crippen molar-refractivity contribution in [3.8, 4) is 11.8 Å². The molecule has 0 bridgehead atoms. The quantitative estimate of drug-likeness (QED) is 0.852. The molecule has 0 saturated carbocycles. The average Bonchev–Trinajstić information content (AvgIpc) is 2.94. The first kappa shape index (κ1) is 15.2. The van der Waals surface area contributed by atoms with Crippen molar-refractivity contribution >= 4 is 22.4 Å². The van der Waals surface area contributed by atoms with Gasteiger partial charge in [-0.3, -0.25) is 10.1 Å². The predicted molar refractivity (Wildman–Crippen MR) is 84.3 cm³/mol. The standard InChI is InChI=1S/C15H16N4OS/c1-10(2)13-9-21-15(18-13)19-14(20)12-6-5-11(8-17-12)4-3-7-16/h5-6,8-10H,7,16H2,1-2H3,(H,18,19,20). The van der Waals surface area contributed by atoms with Crippen molar-refractivity contribution < 1.29 is 4.79 Å². The van der Waals surface area contributed by atoms with Crippen LogP contribution in [0, 0.1) is 11.8 Å². The molecule has 0 aliphatic heterocycles. The van der Waals surface area contributed by atoms with E-state index in [1.165, 1.54) is 11.3 Å². The SMILES string of the molecule is CC(C)c1csc(NC(=O)c2ccc(C#CCN)cn2)n1. The molecule has 108 valence electrons. The summed E-state index contributed by atoms with van der Waals surface area (Å²) in [6, 6.07) is 3.37. The number of amides is 1. The van der Waals surface area contributed by atoms with E-state index in [-0.39, 0.29) is 5.91 Å². The summed E-state index contributed by atoms with van der Waals surface area (Å²) < 4.78 is 0. The van der Waals surface area contributed by atoms with Crippen molar-refractivity contribution in [2.75, 3.05) is 11.9 Å². The summed E-state index contributed by atoms with van der Waals surface area (Å²) in [5, 5.41) is 5.27. The van der Waals surface area contributed by atoms with Gasteiger partial charge in [0.05, 0.1) is 12.2 Å². The van der Waals surface area contributed by atoms with Gasteiger partial charge in [0, 0.05) is 17.1 Å². The molecule has 5 nitrogen and oxygen atoms in total. The number of thiazole rings is 1. The highest BCUT2D eigenvalue weighted by Gasteiger charge is 2.11. The summed E-state index contributed by atoms with van der Waals surface area (Å²) in [6.45, 7) is 4.41. The van der Waals surface area contributed by atoms with Gasteiger partial charge in [0.15, 0.2) is 5.13 Å². The van der Waals surface area contributed by atoms with Crippen molar-refractivity contribution in [1.82, 2.24) is 9.97 Å². The van der Waals surface area contributed by atoms with Crippen molar-refractivity contribution in [2.45, 2.75) is 19.8 Å². The largest absolute Gasteiger partial charge is 0.320 e. The summed E-state index contributed by atoms with van der Waals surface area (Å²) >= 11 is 1.41. The van der Waals surface area contributed by atoms with Gasteiger partial charge in [0.2, 0.25) is 0 Å². The molecule has 0 aliphatic carbocycles. The molecule has 3 N–H and O–H groups in total. The molecule has 0 unspecified atom stereocenters. The lowest BCUT2D eigenvalue weighted by atomic mass is 10.2. The lowest BCUT2D eigenvalue weighted by Gasteiger charge is -2.01. The van der Waals surface area contributed by atoms with Gasteiger partial charge in [-0.15, -0.1) is 11.3 Å². The average molecular weight is 300 g/mol. The fraction of sp³-hybridized carbons (Fsp3) is 0.267. The third-order valence-electron chi connectivity index (χ3n) is 2.66. The molecule has 2 aromatic rings. The highest BCUT2D eigenvalue weighted by atomic mass is 32.1. The Morgan fingerprint density at radius 1 is 1.48 bits per heavy atom. The van der Waals surface area contributed by atoms with Gasteiger partial charge in [-0.1, -0.05) is 25.7 Å². The molecule has 2 heterocycles. The fourth-order valence-corrected chi connectivity index (χ4v) is 2.39. The van der Waals surface area contributed by atoms with Gasteiger partial charge in [0.25, 0.3) is 5.91 Å². The molecule has 0 aromatic carbocycles. The maximum atomic E-state index is 12.1. The number of nitrogens with one attached hydrogen (secondary N) is 1. The van der Waals surface area contributed by atoms with Crippen LogP contribution in [0.15, 0.2) is 23.7 Å². The van der Waals surface area contributed by atoms with E-state index in [1.54, 1.807) is 18.3 Å². The number of nitrogens with two attached hydrogens (primary N) is 1. The van der Waals surface area contributed by atoms with Gasteiger partial charge >= 0.3 is 0 Å². The Morgan fingerprint density at radius 2 is 2.29 bits per heavy atom. The van der Waals surface area contributed by atoms with Crippen molar-refractivity contribution in [2.24, 2.45) is 5.73 Å². The van der Waals surface area contributed by atoms with Crippen LogP contribution in [-0.4, -0.2) is 22.4 Å². The van der Waals surface area contributed by atoms with Crippen LogP contribution in [0.1, 0.15) is 41.5 Å². The van der Waals surface area contributed by atoms with Crippen LogP contribution < -0.4 is 11.1 Å². The maximum absolute atomic E-state index is 12.1. The Balaban J connectivity index is 2.05. The number of carbonyl (C=O) groups excluding carboxylic acids is 1. The Bertz CT molecular complexity index is 680. The second kappa shape index (κ2) is 6.97. The molecule has 2 rings (SSSR count). The first-order chi connectivity index (χ1) is 10.1. The maximum Gasteiger partial charge on any atom is 0.276 e. The number of aromatic nitrogens is 2. The Kier molecular flexibility index (Phi) is 5.04. The summed E-state index contributed by atoms with van der Waals surface area (Å²) in [5.74, 6) is 5.65. The molecule has 0 aliphatic rings. The van der Waals surface area contributed by atoms with E-state index in [4.69, 9.17) is 5.73 Å². The van der Waals surface area contributed by atoms with Crippen molar-refractivity contribution in [1.29, 1.82) is 0 Å². The fourth-order valence-electron chi connectivity index (χ4n) is 1.53. The third-order valence-corrected chi connectivity index (χ3v) is 3.44. The Hall–Kier alpha value is -2.23. The van der Waals surface area contributed by atoms with Crippen LogP contribution in [0.25, 0.3) is 0 Å². The lowest BCUT2D eigenvalue weighted by Crippen LogP contribution is -2.13. The van der Waals surface area contributed by atoms with E-state index in [9.17, 15) is 4.79 Å². The topological polar surface area (TPSA) is 80.9 Å². The minimum atomic E-state index is -0.280. The molecule has 2 aromatic heterocycles. The number of carbonyl (C=O) groups is 1. The first-order valence-corrected chi connectivity index (χ1v) is 7.40. The first-order valence-electron chi connectivity index (χ1n) is 6.52. The van der Waals surface area contributed by atoms with Crippen LogP contribution >= 0.6 is 11.3 Å². The molecule has 1 amide bonds. The summed E-state index contributed by atoms with van der Waals surface area (Å²) in [5.41, 5.74) is 7.33. The minimum absolute atomic E-state index is 0.280. The van der Waals surface area contributed by atoms with Gasteiger partial charge < -0.3 is 5.73 Å². The predicted octanol–water partition coefficient (Wildman–Crippen LogP) is 2.22. The highest BCUT2D eigenvalue weighted by Crippen LogP contribution is 2.21. The van der Waals surface area contributed by atoms with E-state index < -0.39 is 0 Å². The summed E-state index contributed by atoms with van der Waals surface area (Å²) in [7, 11) is 0. The van der Waals surface area contributed by atoms with Gasteiger partial charge in [-0.05, 0) is 18.1 Å². The zero-order chi connectivity index (χ0) is 15.2. The normalized spacial score (nSPS) is 10.1. The number of anilines is 1. The molecule has 21 heavy (non-hydrogen) atoms. The molecule has 0 saturated heterocycles. The monoisotopic (exact) mass is 300 g/mol. The molecular formula is C15H16N4OS. The van der Waals surface area contributed by atoms with Crippen LogP contribution in [0.3, 0.4) is 0 Å². The zero-order valence-corrected chi connectivity index (χ0v) is 12.7. The zero-order valence-electron chi connectivity index (χ0n) is 11.9. The second-order valence-electron chi connectivity index (χ2n) is 4.62. The summed E-state index contributed by atoms with van der Waals surface area (Å²) in [6.07, 6.45) is 1.55. The minimum Gasteiger partial charge on any atom is -0.320 e. The molecule has 0 spiro atoms. The van der Waals surface area contributed by atoms with Crippen LogP contribution in [0.4, 0.5) is 5.13 Å². The highest BCUT2D eigenvalue weighted by molar-refractivity contribution is 7.14. The van der Waals surface area contributed by atoms with Crippen LogP contribution in [0.2, 0.25) is 0 Å². The second-order valence-corrected chi connectivity index (χ2v) is 5.48. The molecule has 0 atom stereocenters. The number of pyridine rings is 1. The smallest absolute Gasteiger partial charge is 0.276 e. The number of hydrogen-bond acceptors (Lipinski definition) is 5. The van der Waals surface area contributed by atoms with Crippen molar-refractivity contribution in [3.63, 3.8) is 0 Å².